The molecule has 3 amide bonds. The number of carbonyl (C=O) groups is 2. The quantitative estimate of drug-likeness (QED) is 0.578. The van der Waals surface area contributed by atoms with Gasteiger partial charge in [0, 0.05) is 17.8 Å². The van der Waals surface area contributed by atoms with Crippen LogP contribution in [0, 0.1) is 12.8 Å². The summed E-state index contributed by atoms with van der Waals surface area (Å²) in [6.45, 7) is 5.08. The summed E-state index contributed by atoms with van der Waals surface area (Å²) in [6.07, 6.45) is -0.259. The first kappa shape index (κ1) is 22.8. The molecule has 0 saturated heterocycles. The van der Waals surface area contributed by atoms with E-state index in [9.17, 15) is 22.8 Å². The maximum Gasteiger partial charge on any atom is 0.405 e. The molecule has 0 aromatic heterocycles. The van der Waals surface area contributed by atoms with Gasteiger partial charge in [0.2, 0.25) is 0 Å². The maximum absolute atomic E-state index is 12.2. The first-order valence-electron chi connectivity index (χ1n) is 9.16. The standard InChI is InChI=1S/C19H28F3N3O2/c1-4-6-7-14(5-2)11-23-18(27)25-16-10-15(9-8-13(16)3)17(26)24-12-19(20,21)22/h8-10,14H,4-7,11-12H2,1-3H3,(H,24,26)(H2,23,25,27). The highest BCUT2D eigenvalue weighted by molar-refractivity contribution is 5.97. The Hall–Kier alpha value is -2.25. The number of rotatable bonds is 9. The molecule has 3 N–H and O–H groups in total. The summed E-state index contributed by atoms with van der Waals surface area (Å²) in [5, 5.41) is 7.29. The van der Waals surface area contributed by atoms with Gasteiger partial charge in [0.1, 0.15) is 6.54 Å². The van der Waals surface area contributed by atoms with Crippen LogP contribution in [0.15, 0.2) is 18.2 Å². The molecule has 1 rings (SSSR count). The first-order valence-corrected chi connectivity index (χ1v) is 9.16. The number of halogens is 3. The lowest BCUT2D eigenvalue weighted by Gasteiger charge is -2.16. The third-order valence-electron chi connectivity index (χ3n) is 4.29. The minimum absolute atomic E-state index is 0.0505. The number of urea groups is 1. The largest absolute Gasteiger partial charge is 0.405 e. The highest BCUT2D eigenvalue weighted by Crippen LogP contribution is 2.18. The molecule has 1 unspecified atom stereocenters. The van der Waals surface area contributed by atoms with Gasteiger partial charge < -0.3 is 16.0 Å². The molecule has 0 bridgehead atoms. The number of benzene rings is 1. The van der Waals surface area contributed by atoms with Gasteiger partial charge >= 0.3 is 12.2 Å². The van der Waals surface area contributed by atoms with Crippen LogP contribution in [-0.2, 0) is 0 Å². The highest BCUT2D eigenvalue weighted by Gasteiger charge is 2.28. The average molecular weight is 387 g/mol. The van der Waals surface area contributed by atoms with Gasteiger partial charge in [0.05, 0.1) is 0 Å². The Bertz CT molecular complexity index is 633. The number of unbranched alkanes of at least 4 members (excludes halogenated alkanes) is 1. The zero-order chi connectivity index (χ0) is 20.4. The van der Waals surface area contributed by atoms with E-state index < -0.39 is 24.7 Å². The fourth-order valence-corrected chi connectivity index (χ4v) is 2.53. The van der Waals surface area contributed by atoms with Gasteiger partial charge in [-0.2, -0.15) is 13.2 Å². The number of hydrogen-bond donors (Lipinski definition) is 3. The summed E-state index contributed by atoms with van der Waals surface area (Å²) in [5.74, 6) is -0.447. The number of amides is 3. The number of anilines is 1. The predicted molar refractivity (Wildman–Crippen MR) is 99.9 cm³/mol. The van der Waals surface area contributed by atoms with Crippen LogP contribution in [0.25, 0.3) is 0 Å². The molecular formula is C19H28F3N3O2. The Morgan fingerprint density at radius 3 is 2.44 bits per heavy atom. The zero-order valence-corrected chi connectivity index (χ0v) is 16.0. The topological polar surface area (TPSA) is 70.2 Å². The Balaban J connectivity index is 2.66. The molecule has 1 aromatic carbocycles. The van der Waals surface area contributed by atoms with Crippen LogP contribution in [0.1, 0.15) is 55.5 Å². The van der Waals surface area contributed by atoms with E-state index in [1.165, 1.54) is 12.1 Å². The van der Waals surface area contributed by atoms with Crippen LogP contribution in [0.3, 0.4) is 0 Å². The van der Waals surface area contributed by atoms with Crippen molar-refractivity contribution in [3.63, 3.8) is 0 Å². The van der Waals surface area contributed by atoms with Gasteiger partial charge in [-0.25, -0.2) is 4.79 Å². The SMILES string of the molecule is CCCCC(CC)CNC(=O)Nc1cc(C(=O)NCC(F)(F)F)ccc1C. The van der Waals surface area contributed by atoms with Crippen molar-refractivity contribution in [1.82, 2.24) is 10.6 Å². The van der Waals surface area contributed by atoms with E-state index in [1.54, 1.807) is 13.0 Å². The lowest BCUT2D eigenvalue weighted by molar-refractivity contribution is -0.123. The van der Waals surface area contributed by atoms with Crippen molar-refractivity contribution in [2.75, 3.05) is 18.4 Å². The van der Waals surface area contributed by atoms with Crippen LogP contribution in [0.5, 0.6) is 0 Å². The molecule has 0 saturated carbocycles. The number of carbonyl (C=O) groups excluding carboxylic acids is 2. The molecule has 27 heavy (non-hydrogen) atoms. The van der Waals surface area contributed by atoms with Crippen molar-refractivity contribution in [3.8, 4) is 0 Å². The molecule has 1 atom stereocenters. The van der Waals surface area contributed by atoms with Crippen LogP contribution >= 0.6 is 0 Å². The van der Waals surface area contributed by atoms with Gasteiger partial charge in [-0.1, -0.05) is 39.2 Å². The van der Waals surface area contributed by atoms with Gasteiger partial charge in [0.25, 0.3) is 5.91 Å². The minimum Gasteiger partial charge on any atom is -0.343 e. The molecule has 8 heteroatoms. The summed E-state index contributed by atoms with van der Waals surface area (Å²) in [4.78, 5) is 24.0. The zero-order valence-electron chi connectivity index (χ0n) is 16.0. The molecule has 0 heterocycles. The maximum atomic E-state index is 12.2. The molecule has 0 fully saturated rings. The predicted octanol–water partition coefficient (Wildman–Crippen LogP) is 4.63. The normalized spacial score (nSPS) is 12.4. The summed E-state index contributed by atoms with van der Waals surface area (Å²) in [5.41, 5.74) is 1.14. The second-order valence-corrected chi connectivity index (χ2v) is 6.58. The Morgan fingerprint density at radius 2 is 1.85 bits per heavy atom. The highest BCUT2D eigenvalue weighted by atomic mass is 19.4. The smallest absolute Gasteiger partial charge is 0.343 e. The van der Waals surface area contributed by atoms with E-state index in [0.717, 1.165) is 25.7 Å². The molecule has 0 aliphatic rings. The van der Waals surface area contributed by atoms with Crippen molar-refractivity contribution >= 4 is 17.6 Å². The Labute approximate surface area is 158 Å². The summed E-state index contributed by atoms with van der Waals surface area (Å²) in [6, 6.07) is 3.96. The van der Waals surface area contributed by atoms with Crippen LogP contribution in [0.2, 0.25) is 0 Å². The lowest BCUT2D eigenvalue weighted by atomic mass is 9.99. The monoisotopic (exact) mass is 387 g/mol. The minimum atomic E-state index is -4.48. The van der Waals surface area contributed by atoms with Crippen LogP contribution in [0.4, 0.5) is 23.7 Å². The van der Waals surface area contributed by atoms with Crippen molar-refractivity contribution in [3.05, 3.63) is 29.3 Å². The van der Waals surface area contributed by atoms with Crippen molar-refractivity contribution in [2.45, 2.75) is 52.6 Å². The summed E-state index contributed by atoms with van der Waals surface area (Å²) in [7, 11) is 0. The van der Waals surface area contributed by atoms with Gasteiger partial charge in [-0.15, -0.1) is 0 Å². The van der Waals surface area contributed by atoms with Gasteiger partial charge in [0.15, 0.2) is 0 Å². The van der Waals surface area contributed by atoms with E-state index in [0.29, 0.717) is 23.7 Å². The molecule has 0 aliphatic heterocycles. The summed E-state index contributed by atoms with van der Waals surface area (Å²) < 4.78 is 36.7. The summed E-state index contributed by atoms with van der Waals surface area (Å²) >= 11 is 0. The Morgan fingerprint density at radius 1 is 1.15 bits per heavy atom. The number of hydrogen-bond acceptors (Lipinski definition) is 2. The molecule has 0 aliphatic carbocycles. The number of aryl methyl sites for hydroxylation is 1. The second kappa shape index (κ2) is 10.8. The molecule has 0 spiro atoms. The van der Waals surface area contributed by atoms with E-state index in [4.69, 9.17) is 0 Å². The van der Waals surface area contributed by atoms with Gasteiger partial charge in [-0.05, 0) is 37.0 Å². The number of alkyl halides is 3. The third-order valence-corrected chi connectivity index (χ3v) is 4.29. The third kappa shape index (κ3) is 8.79. The fourth-order valence-electron chi connectivity index (χ4n) is 2.53. The van der Waals surface area contributed by atoms with E-state index in [2.05, 4.69) is 24.5 Å². The molecule has 152 valence electrons. The molecule has 5 nitrogen and oxygen atoms in total. The van der Waals surface area contributed by atoms with E-state index in [1.807, 2.05) is 5.32 Å². The average Bonchev–Trinajstić information content (AvgIpc) is 2.61. The first-order chi connectivity index (χ1) is 12.7. The molecule has 0 radical (unpaired) electrons. The number of nitrogens with one attached hydrogen (secondary N) is 3. The van der Waals surface area contributed by atoms with E-state index >= 15 is 0 Å². The Kier molecular flexibility index (Phi) is 9.11. The van der Waals surface area contributed by atoms with Crippen molar-refractivity contribution in [1.29, 1.82) is 0 Å². The van der Waals surface area contributed by atoms with E-state index in [-0.39, 0.29) is 5.56 Å². The second-order valence-electron chi connectivity index (χ2n) is 6.58. The molecular weight excluding hydrogens is 359 g/mol. The molecule has 1 aromatic rings. The van der Waals surface area contributed by atoms with Crippen molar-refractivity contribution < 1.29 is 22.8 Å². The van der Waals surface area contributed by atoms with Crippen LogP contribution in [-0.4, -0.2) is 31.2 Å². The van der Waals surface area contributed by atoms with Gasteiger partial charge in [-0.3, -0.25) is 4.79 Å². The lowest BCUT2D eigenvalue weighted by Crippen LogP contribution is -2.34. The van der Waals surface area contributed by atoms with Crippen molar-refractivity contribution in [2.24, 2.45) is 5.92 Å². The van der Waals surface area contributed by atoms with Crippen LogP contribution < -0.4 is 16.0 Å². The fraction of sp³-hybridized carbons (Fsp3) is 0.579.